The molecule has 0 unspecified atom stereocenters. The maximum Gasteiger partial charge on any atom is 0.326 e. The van der Waals surface area contributed by atoms with E-state index in [4.69, 9.17) is 0 Å². The van der Waals surface area contributed by atoms with Crippen LogP contribution in [0.1, 0.15) is 19.3 Å². The van der Waals surface area contributed by atoms with Crippen LogP contribution in [0.2, 0.25) is 0 Å². The van der Waals surface area contributed by atoms with E-state index in [-0.39, 0.29) is 9.92 Å². The standard InChI is InChI=1S/C11H12N4O2S/c16-15(17)9-6-8-10(12-7-13-11(8)18-9)14-4-2-1-3-5-14/h6-7H,1-5H2. The van der Waals surface area contributed by atoms with E-state index in [1.54, 1.807) is 6.07 Å². The fourth-order valence-corrected chi connectivity index (χ4v) is 3.09. The molecule has 0 bridgehead atoms. The number of aromatic nitrogens is 2. The Labute approximate surface area is 107 Å². The van der Waals surface area contributed by atoms with Crippen LogP contribution in [0.25, 0.3) is 10.2 Å². The summed E-state index contributed by atoms with van der Waals surface area (Å²) in [6.07, 6.45) is 5.04. The van der Waals surface area contributed by atoms with E-state index in [0.29, 0.717) is 4.83 Å². The molecule has 0 atom stereocenters. The molecular weight excluding hydrogens is 252 g/mol. The molecule has 2 aromatic rings. The maximum atomic E-state index is 10.8. The van der Waals surface area contributed by atoms with Crippen molar-refractivity contribution < 1.29 is 4.92 Å². The van der Waals surface area contributed by atoms with Crippen LogP contribution in [0.15, 0.2) is 12.4 Å². The van der Waals surface area contributed by atoms with E-state index in [2.05, 4.69) is 14.9 Å². The number of rotatable bonds is 2. The van der Waals surface area contributed by atoms with E-state index < -0.39 is 0 Å². The summed E-state index contributed by atoms with van der Waals surface area (Å²) in [6, 6.07) is 1.59. The lowest BCUT2D eigenvalue weighted by Crippen LogP contribution is -2.30. The average molecular weight is 264 g/mol. The number of hydrogen-bond donors (Lipinski definition) is 0. The van der Waals surface area contributed by atoms with Gasteiger partial charge in [-0.15, -0.1) is 0 Å². The molecule has 2 aromatic heterocycles. The number of fused-ring (bicyclic) bond motifs is 1. The number of anilines is 1. The fraction of sp³-hybridized carbons (Fsp3) is 0.455. The van der Waals surface area contributed by atoms with Crippen molar-refractivity contribution in [2.45, 2.75) is 19.3 Å². The molecule has 1 aliphatic heterocycles. The van der Waals surface area contributed by atoms with Crippen LogP contribution in [-0.4, -0.2) is 28.0 Å². The predicted molar refractivity (Wildman–Crippen MR) is 70.1 cm³/mol. The molecule has 18 heavy (non-hydrogen) atoms. The summed E-state index contributed by atoms with van der Waals surface area (Å²) in [5, 5.41) is 11.7. The number of nitro groups is 1. The van der Waals surface area contributed by atoms with Crippen molar-refractivity contribution in [1.82, 2.24) is 9.97 Å². The molecule has 3 heterocycles. The van der Waals surface area contributed by atoms with Gasteiger partial charge in [0.2, 0.25) is 0 Å². The average Bonchev–Trinajstić information content (AvgIpc) is 2.83. The quantitative estimate of drug-likeness (QED) is 0.615. The van der Waals surface area contributed by atoms with Gasteiger partial charge in [0.05, 0.1) is 10.3 Å². The van der Waals surface area contributed by atoms with Gasteiger partial charge in [0.15, 0.2) is 0 Å². The van der Waals surface area contributed by atoms with E-state index in [1.165, 1.54) is 12.7 Å². The van der Waals surface area contributed by atoms with Gasteiger partial charge in [0, 0.05) is 19.2 Å². The van der Waals surface area contributed by atoms with Gasteiger partial charge in [-0.3, -0.25) is 10.1 Å². The molecule has 3 rings (SSSR count). The molecule has 1 aliphatic rings. The highest BCUT2D eigenvalue weighted by Crippen LogP contribution is 2.35. The Morgan fingerprint density at radius 3 is 2.78 bits per heavy atom. The SMILES string of the molecule is O=[N+]([O-])c1cc2c(N3CCCCC3)ncnc2s1. The third kappa shape index (κ3) is 1.90. The van der Waals surface area contributed by atoms with E-state index in [9.17, 15) is 10.1 Å². The Bertz CT molecular complexity index is 592. The highest BCUT2D eigenvalue weighted by atomic mass is 32.1. The van der Waals surface area contributed by atoms with Crippen LogP contribution in [0, 0.1) is 10.1 Å². The van der Waals surface area contributed by atoms with Gasteiger partial charge in [0.1, 0.15) is 17.0 Å². The molecule has 0 aliphatic carbocycles. The van der Waals surface area contributed by atoms with Crippen LogP contribution in [0.4, 0.5) is 10.8 Å². The van der Waals surface area contributed by atoms with Crippen molar-refractivity contribution in [1.29, 1.82) is 0 Å². The van der Waals surface area contributed by atoms with Gasteiger partial charge in [-0.25, -0.2) is 9.97 Å². The van der Waals surface area contributed by atoms with Crippen LogP contribution in [0.3, 0.4) is 0 Å². The Morgan fingerprint density at radius 2 is 2.06 bits per heavy atom. The van der Waals surface area contributed by atoms with Crippen molar-refractivity contribution in [3.8, 4) is 0 Å². The largest absolute Gasteiger partial charge is 0.356 e. The highest BCUT2D eigenvalue weighted by molar-refractivity contribution is 7.21. The monoisotopic (exact) mass is 264 g/mol. The first kappa shape index (κ1) is 11.3. The van der Waals surface area contributed by atoms with Crippen LogP contribution >= 0.6 is 11.3 Å². The first-order valence-electron chi connectivity index (χ1n) is 5.89. The first-order chi connectivity index (χ1) is 8.75. The lowest BCUT2D eigenvalue weighted by atomic mass is 10.1. The minimum Gasteiger partial charge on any atom is -0.356 e. The van der Waals surface area contributed by atoms with Crippen LogP contribution in [0.5, 0.6) is 0 Å². The van der Waals surface area contributed by atoms with Crippen molar-refractivity contribution in [3.05, 3.63) is 22.5 Å². The van der Waals surface area contributed by atoms with Crippen molar-refractivity contribution >= 4 is 32.4 Å². The Hall–Kier alpha value is -1.76. The normalized spacial score (nSPS) is 16.1. The fourth-order valence-electron chi connectivity index (χ4n) is 2.28. The van der Waals surface area contributed by atoms with Gasteiger partial charge < -0.3 is 4.90 Å². The molecule has 0 N–H and O–H groups in total. The van der Waals surface area contributed by atoms with Gasteiger partial charge in [-0.05, 0) is 30.6 Å². The third-order valence-electron chi connectivity index (χ3n) is 3.13. The summed E-state index contributed by atoms with van der Waals surface area (Å²) in [6.45, 7) is 1.94. The summed E-state index contributed by atoms with van der Waals surface area (Å²) in [5.41, 5.74) is 0. The Morgan fingerprint density at radius 1 is 1.28 bits per heavy atom. The topological polar surface area (TPSA) is 72.2 Å². The summed E-state index contributed by atoms with van der Waals surface area (Å²) in [5.74, 6) is 0.837. The molecule has 1 fully saturated rings. The maximum absolute atomic E-state index is 10.8. The van der Waals surface area contributed by atoms with E-state index >= 15 is 0 Å². The molecule has 0 spiro atoms. The highest BCUT2D eigenvalue weighted by Gasteiger charge is 2.20. The van der Waals surface area contributed by atoms with Crippen molar-refractivity contribution in [2.75, 3.05) is 18.0 Å². The Balaban J connectivity index is 2.07. The van der Waals surface area contributed by atoms with Gasteiger partial charge in [-0.2, -0.15) is 0 Å². The van der Waals surface area contributed by atoms with E-state index in [0.717, 1.165) is 48.5 Å². The molecule has 94 valence electrons. The van der Waals surface area contributed by atoms with E-state index in [1.807, 2.05) is 0 Å². The van der Waals surface area contributed by atoms with Crippen LogP contribution < -0.4 is 4.90 Å². The van der Waals surface area contributed by atoms with Gasteiger partial charge in [0.25, 0.3) is 0 Å². The zero-order valence-corrected chi connectivity index (χ0v) is 10.5. The minimum absolute atomic E-state index is 0.128. The number of hydrogen-bond acceptors (Lipinski definition) is 6. The second-order valence-corrected chi connectivity index (χ2v) is 5.31. The van der Waals surface area contributed by atoms with Crippen LogP contribution in [-0.2, 0) is 0 Å². The minimum atomic E-state index is -0.369. The first-order valence-corrected chi connectivity index (χ1v) is 6.71. The zero-order chi connectivity index (χ0) is 12.5. The molecule has 0 amide bonds. The third-order valence-corrected chi connectivity index (χ3v) is 4.13. The lowest BCUT2D eigenvalue weighted by molar-refractivity contribution is -0.380. The summed E-state index contributed by atoms with van der Waals surface area (Å²) in [7, 11) is 0. The molecule has 7 heteroatoms. The Kier molecular flexibility index (Phi) is 2.83. The second kappa shape index (κ2) is 4.49. The molecule has 6 nitrogen and oxygen atoms in total. The van der Waals surface area contributed by atoms with Gasteiger partial charge in [-0.1, -0.05) is 0 Å². The smallest absolute Gasteiger partial charge is 0.326 e. The molecule has 0 saturated carbocycles. The summed E-state index contributed by atoms with van der Waals surface area (Å²) >= 11 is 1.11. The summed E-state index contributed by atoms with van der Waals surface area (Å²) in [4.78, 5) is 21.8. The molecule has 0 aromatic carbocycles. The molecule has 0 radical (unpaired) electrons. The molecule has 1 saturated heterocycles. The second-order valence-electron chi connectivity index (χ2n) is 4.31. The number of nitrogens with zero attached hydrogens (tertiary/aromatic N) is 4. The number of thiophene rings is 1. The summed E-state index contributed by atoms with van der Waals surface area (Å²) < 4.78 is 0. The predicted octanol–water partition coefficient (Wildman–Crippen LogP) is 2.59. The van der Waals surface area contributed by atoms with Crippen molar-refractivity contribution in [3.63, 3.8) is 0 Å². The lowest BCUT2D eigenvalue weighted by Gasteiger charge is -2.27. The van der Waals surface area contributed by atoms with Gasteiger partial charge >= 0.3 is 5.00 Å². The number of piperidine rings is 1. The molecular formula is C11H12N4O2S. The zero-order valence-electron chi connectivity index (χ0n) is 9.70. The van der Waals surface area contributed by atoms with Crippen molar-refractivity contribution in [2.24, 2.45) is 0 Å².